The summed E-state index contributed by atoms with van der Waals surface area (Å²) in [7, 11) is 0. The van der Waals surface area contributed by atoms with E-state index in [1.807, 2.05) is 23.1 Å². The Bertz CT molecular complexity index is 1270. The molecule has 2 aromatic carbocycles. The fraction of sp³-hybridized carbons (Fsp3) is 0.308. The lowest BCUT2D eigenvalue weighted by Crippen LogP contribution is -2.50. The van der Waals surface area contributed by atoms with Crippen molar-refractivity contribution in [3.8, 4) is 0 Å². The maximum atomic E-state index is 13.5. The van der Waals surface area contributed by atoms with Crippen molar-refractivity contribution < 1.29 is 31.4 Å². The lowest BCUT2D eigenvalue weighted by molar-refractivity contribution is -0.200. The van der Waals surface area contributed by atoms with Gasteiger partial charge in [-0.25, -0.2) is 0 Å². The molecule has 0 saturated carbocycles. The maximum absolute atomic E-state index is 13.5. The first-order chi connectivity index (χ1) is 16.9. The Morgan fingerprint density at radius 1 is 1.00 bits per heavy atom. The van der Waals surface area contributed by atoms with E-state index in [9.17, 15) is 31.4 Å². The zero-order chi connectivity index (χ0) is 25.8. The molecule has 2 bridgehead atoms. The van der Waals surface area contributed by atoms with E-state index < -0.39 is 36.6 Å². The van der Waals surface area contributed by atoms with Crippen molar-refractivity contribution in [1.82, 2.24) is 0 Å². The number of hydrogen-bond acceptors (Lipinski definition) is 4. The van der Waals surface area contributed by atoms with Gasteiger partial charge in [0.2, 0.25) is 0 Å². The lowest BCUT2D eigenvalue weighted by atomic mass is 9.75. The van der Waals surface area contributed by atoms with Crippen LogP contribution in [-0.2, 0) is 6.18 Å². The van der Waals surface area contributed by atoms with Gasteiger partial charge in [0.1, 0.15) is 0 Å². The van der Waals surface area contributed by atoms with E-state index in [0.717, 1.165) is 28.2 Å². The summed E-state index contributed by atoms with van der Waals surface area (Å²) in [5.74, 6) is 0.0463. The van der Waals surface area contributed by atoms with Crippen LogP contribution < -0.4 is 9.80 Å². The molecule has 0 aromatic heterocycles. The minimum atomic E-state index is -4.87. The third-order valence-corrected chi connectivity index (χ3v) is 7.42. The summed E-state index contributed by atoms with van der Waals surface area (Å²) in [5.41, 5.74) is 2.53. The topological polar surface area (TPSA) is 26.7 Å². The van der Waals surface area contributed by atoms with Crippen LogP contribution in [0.15, 0.2) is 82.8 Å². The summed E-state index contributed by atoms with van der Waals surface area (Å²) in [6.45, 7) is -0.165. The Kier molecular flexibility index (Phi) is 6.15. The van der Waals surface area contributed by atoms with Gasteiger partial charge in [-0.3, -0.25) is 0 Å². The van der Waals surface area contributed by atoms with E-state index in [1.165, 1.54) is 17.0 Å². The largest absolute Gasteiger partial charge is 0.416 e. The summed E-state index contributed by atoms with van der Waals surface area (Å²) in [4.78, 5) is 4.26. The number of β-amino-alcohol motifs (C(OH)–C–C–N with tert-alkyl or cyclic N) is 1. The smallest absolute Gasteiger partial charge is 0.382 e. The molecule has 3 atom stereocenters. The molecule has 0 amide bonds. The van der Waals surface area contributed by atoms with E-state index in [0.29, 0.717) is 17.9 Å². The van der Waals surface area contributed by atoms with Crippen LogP contribution in [0.25, 0.3) is 0 Å². The first-order valence-electron chi connectivity index (χ1n) is 11.3. The minimum Gasteiger partial charge on any atom is -0.382 e. The number of thiol groups is 1. The molecule has 3 nitrogen and oxygen atoms in total. The molecule has 0 radical (unpaired) electrons. The van der Waals surface area contributed by atoms with Crippen LogP contribution in [-0.4, -0.2) is 37.0 Å². The van der Waals surface area contributed by atoms with Gasteiger partial charge >= 0.3 is 12.4 Å². The van der Waals surface area contributed by atoms with Gasteiger partial charge < -0.3 is 14.9 Å². The molecule has 2 aromatic rings. The molecule has 190 valence electrons. The van der Waals surface area contributed by atoms with Crippen LogP contribution in [0.5, 0.6) is 0 Å². The number of allylic oxidation sites excluding steroid dienone is 4. The number of aliphatic hydroxyl groups is 1. The van der Waals surface area contributed by atoms with Gasteiger partial charge in [-0.15, -0.1) is 12.6 Å². The Labute approximate surface area is 209 Å². The Morgan fingerprint density at radius 3 is 2.33 bits per heavy atom. The highest BCUT2D eigenvalue weighted by Gasteiger charge is 2.44. The molecule has 10 heteroatoms. The molecule has 1 N–H and O–H groups in total. The van der Waals surface area contributed by atoms with Crippen molar-refractivity contribution >= 4 is 24.0 Å². The van der Waals surface area contributed by atoms with Crippen molar-refractivity contribution in [2.45, 2.75) is 24.5 Å². The molecule has 3 aliphatic rings. The van der Waals surface area contributed by atoms with Gasteiger partial charge in [-0.1, -0.05) is 42.5 Å². The van der Waals surface area contributed by atoms with Gasteiger partial charge in [0.15, 0.2) is 6.10 Å². The van der Waals surface area contributed by atoms with Crippen molar-refractivity contribution in [3.63, 3.8) is 0 Å². The maximum Gasteiger partial charge on any atom is 0.416 e. The number of hydrogen-bond donors (Lipinski definition) is 2. The van der Waals surface area contributed by atoms with Crippen molar-refractivity contribution in [1.29, 1.82) is 0 Å². The second-order valence-electron chi connectivity index (χ2n) is 9.08. The van der Waals surface area contributed by atoms with E-state index in [-0.39, 0.29) is 18.0 Å². The molecule has 1 unspecified atom stereocenters. The highest BCUT2D eigenvalue weighted by molar-refractivity contribution is 7.85. The summed E-state index contributed by atoms with van der Waals surface area (Å²) in [6.07, 6.45) is -6.28. The minimum absolute atomic E-state index is 0.0463. The SMILES string of the molecule is O[C@H](CN1c2ccccc2N(CC2c3cccc2c3S)C[C@H]1c1cccc(C(F)(F)F)c1)C(F)(F)F. The first kappa shape index (κ1) is 24.8. The molecule has 36 heavy (non-hydrogen) atoms. The molecular weight excluding hydrogens is 502 g/mol. The number of nitrogens with zero attached hydrogens (tertiary/aromatic N) is 2. The Morgan fingerprint density at radius 2 is 1.72 bits per heavy atom. The first-order valence-corrected chi connectivity index (χ1v) is 11.7. The number of fused-ring (bicyclic) bond motifs is 3. The predicted molar refractivity (Wildman–Crippen MR) is 129 cm³/mol. The van der Waals surface area contributed by atoms with Crippen LogP contribution in [0.4, 0.5) is 37.7 Å². The molecule has 0 spiro atoms. The molecule has 2 aliphatic carbocycles. The number of anilines is 2. The van der Waals surface area contributed by atoms with Crippen LogP contribution in [0.3, 0.4) is 0 Å². The van der Waals surface area contributed by atoms with E-state index >= 15 is 0 Å². The Hall–Kier alpha value is -2.85. The number of benzene rings is 2. The fourth-order valence-corrected chi connectivity index (χ4v) is 5.55. The number of alkyl halides is 6. The van der Waals surface area contributed by atoms with Crippen LogP contribution >= 0.6 is 12.6 Å². The van der Waals surface area contributed by atoms with E-state index in [4.69, 9.17) is 0 Å². The number of halogens is 6. The zero-order valence-corrected chi connectivity index (χ0v) is 19.7. The van der Waals surface area contributed by atoms with Crippen LogP contribution in [0, 0.1) is 5.92 Å². The average molecular weight is 525 g/mol. The third-order valence-electron chi connectivity index (χ3n) is 6.90. The number of para-hydroxylation sites is 2. The quantitative estimate of drug-likeness (QED) is 0.355. The second kappa shape index (κ2) is 8.92. The number of aliphatic hydroxyl groups excluding tert-OH is 1. The van der Waals surface area contributed by atoms with Gasteiger partial charge in [0.05, 0.1) is 29.5 Å². The van der Waals surface area contributed by atoms with Crippen molar-refractivity contribution in [2.75, 3.05) is 29.4 Å². The molecule has 1 aliphatic heterocycles. The highest BCUT2D eigenvalue weighted by atomic mass is 32.1. The van der Waals surface area contributed by atoms with E-state index in [1.54, 1.807) is 24.3 Å². The van der Waals surface area contributed by atoms with Crippen LogP contribution in [0.2, 0.25) is 0 Å². The highest BCUT2D eigenvalue weighted by Crippen LogP contribution is 2.49. The summed E-state index contributed by atoms with van der Waals surface area (Å²) < 4.78 is 80.4. The zero-order valence-electron chi connectivity index (χ0n) is 18.8. The molecule has 1 heterocycles. The van der Waals surface area contributed by atoms with Crippen molar-refractivity contribution in [2.24, 2.45) is 5.92 Å². The van der Waals surface area contributed by atoms with Crippen LogP contribution in [0.1, 0.15) is 17.2 Å². The Balaban J connectivity index is 1.56. The van der Waals surface area contributed by atoms with Gasteiger partial charge in [-0.05, 0) is 41.0 Å². The molecular formula is C26H22F6N2OS. The summed E-state index contributed by atoms with van der Waals surface area (Å²) in [6, 6.07) is 10.6. The average Bonchev–Trinajstić information content (AvgIpc) is 2.84. The lowest BCUT2D eigenvalue weighted by Gasteiger charge is -2.48. The predicted octanol–water partition coefficient (Wildman–Crippen LogP) is 6.31. The standard InChI is InChI=1S/C26H22F6N2OS/c27-25(28,29)16-6-3-5-15(11-16)22-13-33(12-19-17-7-4-8-18(19)24(17)36)20-9-1-2-10-21(20)34(22)14-23(35)26(30,31)32/h1-11,19,22-23,35-36H,12-14H2/t22-,23+/m0/s1. The number of rotatable bonds is 5. The summed E-state index contributed by atoms with van der Waals surface area (Å²) in [5, 5.41) is 9.92. The third kappa shape index (κ3) is 4.41. The molecule has 0 saturated heterocycles. The van der Waals surface area contributed by atoms with Gasteiger partial charge in [0, 0.05) is 23.9 Å². The monoisotopic (exact) mass is 524 g/mol. The molecule has 5 rings (SSSR count). The van der Waals surface area contributed by atoms with Gasteiger partial charge in [-0.2, -0.15) is 26.3 Å². The second-order valence-corrected chi connectivity index (χ2v) is 9.53. The van der Waals surface area contributed by atoms with Crippen molar-refractivity contribution in [3.05, 3.63) is 93.9 Å². The van der Waals surface area contributed by atoms with E-state index in [2.05, 4.69) is 12.6 Å². The molecule has 0 fully saturated rings. The van der Waals surface area contributed by atoms with Gasteiger partial charge in [0.25, 0.3) is 0 Å². The normalized spacial score (nSPS) is 22.3. The summed E-state index contributed by atoms with van der Waals surface area (Å²) >= 11 is 4.52. The fourth-order valence-electron chi connectivity index (χ4n) is 5.09.